The zero-order valence-electron chi connectivity index (χ0n) is 7.60. The highest BCUT2D eigenvalue weighted by molar-refractivity contribution is 5.76. The maximum Gasteiger partial charge on any atom is 0.325 e. The van der Waals surface area contributed by atoms with Gasteiger partial charge >= 0.3 is 5.97 Å². The van der Waals surface area contributed by atoms with E-state index in [1.807, 2.05) is 0 Å². The summed E-state index contributed by atoms with van der Waals surface area (Å²) in [6.07, 6.45) is 0. The molecule has 0 saturated carbocycles. The van der Waals surface area contributed by atoms with Crippen LogP contribution in [0, 0.1) is 4.91 Å². The maximum atomic E-state index is 10.5. The van der Waals surface area contributed by atoms with Crippen molar-refractivity contribution < 1.29 is 9.90 Å². The molecule has 0 amide bonds. The fourth-order valence-corrected chi connectivity index (χ4v) is 0.930. The van der Waals surface area contributed by atoms with Crippen LogP contribution in [0.5, 0.6) is 0 Å². The number of nitroso groups, excluding NO2 is 1. The average molecular weight is 194 g/mol. The number of rotatable bonds is 4. The quantitative estimate of drug-likeness (QED) is 0.718. The van der Waals surface area contributed by atoms with Gasteiger partial charge in [0.2, 0.25) is 0 Å². The van der Waals surface area contributed by atoms with Crippen LogP contribution in [-0.2, 0) is 4.79 Å². The van der Waals surface area contributed by atoms with Crippen molar-refractivity contribution in [3.05, 3.63) is 29.2 Å². The molecule has 5 heteroatoms. The second-order valence-electron chi connectivity index (χ2n) is 2.84. The lowest BCUT2D eigenvalue weighted by Gasteiger charge is -2.09. The van der Waals surface area contributed by atoms with E-state index in [0.29, 0.717) is 11.4 Å². The van der Waals surface area contributed by atoms with Gasteiger partial charge in [0.1, 0.15) is 11.7 Å². The summed E-state index contributed by atoms with van der Waals surface area (Å²) in [4.78, 5) is 20.6. The summed E-state index contributed by atoms with van der Waals surface area (Å²) in [5.74, 6) is -0.928. The van der Waals surface area contributed by atoms with Gasteiger partial charge < -0.3 is 10.4 Å². The van der Waals surface area contributed by atoms with Crippen molar-refractivity contribution in [3.8, 4) is 0 Å². The molecule has 1 rings (SSSR count). The molecule has 0 radical (unpaired) electrons. The number of carboxylic acid groups (broad SMARTS) is 1. The van der Waals surface area contributed by atoms with Crippen LogP contribution in [0.4, 0.5) is 11.4 Å². The minimum Gasteiger partial charge on any atom is -0.480 e. The minimum atomic E-state index is -0.928. The molecular formula is C9H10N2O3. The van der Waals surface area contributed by atoms with Crippen LogP contribution in [0.3, 0.4) is 0 Å². The van der Waals surface area contributed by atoms with Crippen molar-refractivity contribution in [1.82, 2.24) is 0 Å². The van der Waals surface area contributed by atoms with E-state index in [9.17, 15) is 9.70 Å². The summed E-state index contributed by atoms with van der Waals surface area (Å²) in [7, 11) is 0. The third-order valence-electron chi connectivity index (χ3n) is 1.73. The Labute approximate surface area is 80.7 Å². The van der Waals surface area contributed by atoms with Gasteiger partial charge in [0.15, 0.2) is 0 Å². The first-order valence-electron chi connectivity index (χ1n) is 4.06. The van der Waals surface area contributed by atoms with Crippen molar-refractivity contribution in [1.29, 1.82) is 0 Å². The van der Waals surface area contributed by atoms with E-state index < -0.39 is 12.0 Å². The fourth-order valence-electron chi connectivity index (χ4n) is 0.930. The average Bonchev–Trinajstić information content (AvgIpc) is 2.19. The first-order chi connectivity index (χ1) is 6.63. The van der Waals surface area contributed by atoms with E-state index in [-0.39, 0.29) is 0 Å². The molecule has 1 aromatic rings. The van der Waals surface area contributed by atoms with Gasteiger partial charge in [-0.1, -0.05) is 0 Å². The Bertz CT molecular complexity index is 334. The van der Waals surface area contributed by atoms with E-state index in [4.69, 9.17) is 5.11 Å². The molecule has 2 N–H and O–H groups in total. The van der Waals surface area contributed by atoms with E-state index in [0.717, 1.165) is 0 Å². The molecule has 0 aliphatic carbocycles. The Balaban J connectivity index is 2.68. The summed E-state index contributed by atoms with van der Waals surface area (Å²) in [5.41, 5.74) is 0.964. The molecule has 1 atom stereocenters. The van der Waals surface area contributed by atoms with Crippen molar-refractivity contribution in [2.45, 2.75) is 13.0 Å². The third kappa shape index (κ3) is 2.55. The highest BCUT2D eigenvalue weighted by Crippen LogP contribution is 2.16. The van der Waals surface area contributed by atoms with Crippen molar-refractivity contribution >= 4 is 17.3 Å². The summed E-state index contributed by atoms with van der Waals surface area (Å²) in [5, 5.41) is 14.1. The second-order valence-corrected chi connectivity index (χ2v) is 2.84. The molecule has 0 bridgehead atoms. The van der Waals surface area contributed by atoms with Gasteiger partial charge in [-0.2, -0.15) is 0 Å². The molecule has 0 aliphatic rings. The van der Waals surface area contributed by atoms with Gasteiger partial charge in [0.25, 0.3) is 0 Å². The first kappa shape index (κ1) is 10.2. The van der Waals surface area contributed by atoms with Crippen LogP contribution >= 0.6 is 0 Å². The zero-order chi connectivity index (χ0) is 10.6. The predicted molar refractivity (Wildman–Crippen MR) is 52.6 cm³/mol. The zero-order valence-corrected chi connectivity index (χ0v) is 7.60. The smallest absolute Gasteiger partial charge is 0.325 e. The second kappa shape index (κ2) is 4.36. The molecule has 0 aliphatic heterocycles. The predicted octanol–water partition coefficient (Wildman–Crippen LogP) is 1.97. The van der Waals surface area contributed by atoms with E-state index in [1.54, 1.807) is 12.1 Å². The van der Waals surface area contributed by atoms with Crippen LogP contribution < -0.4 is 5.32 Å². The Hall–Kier alpha value is -1.91. The van der Waals surface area contributed by atoms with Crippen LogP contribution in [0.2, 0.25) is 0 Å². The number of hydrogen-bond donors (Lipinski definition) is 2. The van der Waals surface area contributed by atoms with Gasteiger partial charge in [-0.15, -0.1) is 4.91 Å². The molecule has 1 aromatic carbocycles. The molecule has 74 valence electrons. The van der Waals surface area contributed by atoms with Crippen molar-refractivity contribution in [3.63, 3.8) is 0 Å². The highest BCUT2D eigenvalue weighted by atomic mass is 16.4. The molecule has 5 nitrogen and oxygen atoms in total. The van der Waals surface area contributed by atoms with Crippen LogP contribution in [0.25, 0.3) is 0 Å². The number of anilines is 1. The Morgan fingerprint density at radius 1 is 1.43 bits per heavy atom. The van der Waals surface area contributed by atoms with Gasteiger partial charge in [-0.25, -0.2) is 0 Å². The Morgan fingerprint density at radius 3 is 2.43 bits per heavy atom. The monoisotopic (exact) mass is 194 g/mol. The Kier molecular flexibility index (Phi) is 3.17. The molecule has 0 heterocycles. The Morgan fingerprint density at radius 2 is 2.00 bits per heavy atom. The van der Waals surface area contributed by atoms with Gasteiger partial charge in [0.05, 0.1) is 0 Å². The number of hydrogen-bond acceptors (Lipinski definition) is 4. The number of nitrogens with one attached hydrogen (secondary N) is 1. The number of aliphatic carboxylic acids is 1. The molecule has 0 spiro atoms. The molecule has 14 heavy (non-hydrogen) atoms. The first-order valence-corrected chi connectivity index (χ1v) is 4.06. The van der Waals surface area contributed by atoms with E-state index >= 15 is 0 Å². The summed E-state index contributed by atoms with van der Waals surface area (Å²) >= 11 is 0. The molecule has 0 saturated heterocycles. The molecule has 0 aromatic heterocycles. The standard InChI is InChI=1S/C9H10N2O3/c1-6(9(12)13)10-7-2-4-8(11-14)5-3-7/h2-6,10H,1H3,(H,12,13). The number of carbonyl (C=O) groups is 1. The van der Waals surface area contributed by atoms with Crippen LogP contribution in [0.15, 0.2) is 29.4 Å². The van der Waals surface area contributed by atoms with Gasteiger partial charge in [0, 0.05) is 5.69 Å². The van der Waals surface area contributed by atoms with E-state index in [1.165, 1.54) is 19.1 Å². The van der Waals surface area contributed by atoms with Gasteiger partial charge in [-0.3, -0.25) is 4.79 Å². The number of carboxylic acids is 1. The minimum absolute atomic E-state index is 0.318. The maximum absolute atomic E-state index is 10.5. The summed E-state index contributed by atoms with van der Waals surface area (Å²) in [6, 6.07) is 5.59. The van der Waals surface area contributed by atoms with Gasteiger partial charge in [-0.05, 0) is 36.4 Å². The number of nitrogens with zero attached hydrogens (tertiary/aromatic N) is 1. The largest absolute Gasteiger partial charge is 0.480 e. The SMILES string of the molecule is CC(Nc1ccc(N=O)cc1)C(=O)O. The topological polar surface area (TPSA) is 78.8 Å². The third-order valence-corrected chi connectivity index (χ3v) is 1.73. The summed E-state index contributed by atoms with van der Waals surface area (Å²) < 4.78 is 0. The van der Waals surface area contributed by atoms with E-state index in [2.05, 4.69) is 10.5 Å². The fraction of sp³-hybridized carbons (Fsp3) is 0.222. The normalized spacial score (nSPS) is 11.8. The lowest BCUT2D eigenvalue weighted by molar-refractivity contribution is -0.137. The van der Waals surface area contributed by atoms with Crippen molar-refractivity contribution in [2.24, 2.45) is 5.18 Å². The lowest BCUT2D eigenvalue weighted by Crippen LogP contribution is -2.25. The lowest BCUT2D eigenvalue weighted by atomic mass is 10.2. The van der Waals surface area contributed by atoms with Crippen LogP contribution in [0.1, 0.15) is 6.92 Å². The molecule has 1 unspecified atom stereocenters. The summed E-state index contributed by atoms with van der Waals surface area (Å²) in [6.45, 7) is 1.54. The highest BCUT2D eigenvalue weighted by Gasteiger charge is 2.09. The molecular weight excluding hydrogens is 184 g/mol. The van der Waals surface area contributed by atoms with Crippen molar-refractivity contribution in [2.75, 3.05) is 5.32 Å². The van der Waals surface area contributed by atoms with Crippen LogP contribution in [-0.4, -0.2) is 17.1 Å². The molecule has 0 fully saturated rings. The number of benzene rings is 1.